The highest BCUT2D eigenvalue weighted by atomic mass is 16.5. The number of carbonyl (C=O) groups is 1. The standard InChI is InChI=1S/C18H21N3O3/c1-13(22)21-15-6-3-8-17(12-15)24-10-4-9-23-16-7-2-5-14(11-16)18(19)20/h2-3,5-8,11-12H,4,9-10H2,1H3,(H3,19,20)(H,21,22). The van der Waals surface area contributed by atoms with Crippen molar-refractivity contribution in [3.63, 3.8) is 0 Å². The molecule has 0 bridgehead atoms. The normalized spacial score (nSPS) is 10.0. The first-order chi connectivity index (χ1) is 11.5. The van der Waals surface area contributed by atoms with Crippen LogP contribution >= 0.6 is 0 Å². The summed E-state index contributed by atoms with van der Waals surface area (Å²) in [6.45, 7) is 2.45. The lowest BCUT2D eigenvalue weighted by Crippen LogP contribution is -2.11. The van der Waals surface area contributed by atoms with Gasteiger partial charge in [-0.15, -0.1) is 0 Å². The van der Waals surface area contributed by atoms with E-state index in [0.717, 1.165) is 0 Å². The van der Waals surface area contributed by atoms with Crippen LogP contribution in [0.4, 0.5) is 5.69 Å². The van der Waals surface area contributed by atoms with Crippen molar-refractivity contribution in [3.8, 4) is 11.5 Å². The summed E-state index contributed by atoms with van der Waals surface area (Å²) in [5.41, 5.74) is 6.79. The van der Waals surface area contributed by atoms with Crippen LogP contribution in [-0.4, -0.2) is 25.0 Å². The maximum absolute atomic E-state index is 11.0. The van der Waals surface area contributed by atoms with Crippen LogP contribution in [0, 0.1) is 5.41 Å². The third-order valence-corrected chi connectivity index (χ3v) is 3.13. The molecule has 1 amide bonds. The van der Waals surface area contributed by atoms with E-state index in [4.69, 9.17) is 20.6 Å². The van der Waals surface area contributed by atoms with Crippen LogP contribution < -0.4 is 20.5 Å². The summed E-state index contributed by atoms with van der Waals surface area (Å²) in [4.78, 5) is 11.0. The zero-order chi connectivity index (χ0) is 17.4. The fourth-order valence-corrected chi connectivity index (χ4v) is 2.06. The van der Waals surface area contributed by atoms with Crippen molar-refractivity contribution < 1.29 is 14.3 Å². The molecule has 126 valence electrons. The van der Waals surface area contributed by atoms with Gasteiger partial charge in [-0.1, -0.05) is 18.2 Å². The molecule has 0 saturated carbocycles. The lowest BCUT2D eigenvalue weighted by atomic mass is 10.2. The monoisotopic (exact) mass is 327 g/mol. The Hall–Kier alpha value is -3.02. The Morgan fingerprint density at radius 3 is 2.33 bits per heavy atom. The highest BCUT2D eigenvalue weighted by Crippen LogP contribution is 2.17. The Balaban J connectivity index is 1.74. The number of benzene rings is 2. The molecule has 0 aliphatic heterocycles. The van der Waals surface area contributed by atoms with Crippen molar-refractivity contribution in [2.45, 2.75) is 13.3 Å². The predicted octanol–water partition coefficient (Wildman–Crippen LogP) is 2.78. The molecule has 0 fully saturated rings. The van der Waals surface area contributed by atoms with Crippen LogP contribution in [0.2, 0.25) is 0 Å². The molecule has 6 nitrogen and oxygen atoms in total. The van der Waals surface area contributed by atoms with Gasteiger partial charge in [0.25, 0.3) is 0 Å². The van der Waals surface area contributed by atoms with Crippen molar-refractivity contribution in [1.29, 1.82) is 5.41 Å². The van der Waals surface area contributed by atoms with E-state index in [1.807, 2.05) is 18.2 Å². The molecule has 0 heterocycles. The highest BCUT2D eigenvalue weighted by Gasteiger charge is 2.01. The molecule has 2 aromatic carbocycles. The number of nitrogen functional groups attached to an aromatic ring is 1. The maximum Gasteiger partial charge on any atom is 0.221 e. The van der Waals surface area contributed by atoms with Gasteiger partial charge in [-0.25, -0.2) is 0 Å². The molecular weight excluding hydrogens is 306 g/mol. The highest BCUT2D eigenvalue weighted by molar-refractivity contribution is 5.95. The molecule has 0 saturated heterocycles. The largest absolute Gasteiger partial charge is 0.493 e. The Morgan fingerprint density at radius 1 is 1.08 bits per heavy atom. The first-order valence-electron chi connectivity index (χ1n) is 7.62. The van der Waals surface area contributed by atoms with Gasteiger partial charge in [0.2, 0.25) is 5.91 Å². The van der Waals surface area contributed by atoms with Crippen molar-refractivity contribution >= 4 is 17.4 Å². The molecule has 0 radical (unpaired) electrons. The summed E-state index contributed by atoms with van der Waals surface area (Å²) in [7, 11) is 0. The van der Waals surface area contributed by atoms with Gasteiger partial charge in [0.1, 0.15) is 17.3 Å². The zero-order valence-corrected chi connectivity index (χ0v) is 13.5. The van der Waals surface area contributed by atoms with Gasteiger partial charge >= 0.3 is 0 Å². The number of amides is 1. The van der Waals surface area contributed by atoms with E-state index in [0.29, 0.717) is 42.4 Å². The second kappa shape index (κ2) is 8.57. The Bertz CT molecular complexity index is 716. The number of amidine groups is 1. The van der Waals surface area contributed by atoms with Crippen LogP contribution in [0.3, 0.4) is 0 Å². The smallest absolute Gasteiger partial charge is 0.221 e. The van der Waals surface area contributed by atoms with Gasteiger partial charge in [-0.3, -0.25) is 10.2 Å². The quantitative estimate of drug-likeness (QED) is 0.394. The van der Waals surface area contributed by atoms with E-state index >= 15 is 0 Å². The molecule has 2 rings (SSSR count). The number of nitrogens with one attached hydrogen (secondary N) is 2. The molecule has 6 heteroatoms. The maximum atomic E-state index is 11.0. The molecular formula is C18H21N3O3. The van der Waals surface area contributed by atoms with E-state index in [2.05, 4.69) is 5.32 Å². The van der Waals surface area contributed by atoms with E-state index in [1.165, 1.54) is 6.92 Å². The third kappa shape index (κ3) is 5.64. The molecule has 24 heavy (non-hydrogen) atoms. The molecule has 0 atom stereocenters. The average Bonchev–Trinajstić information content (AvgIpc) is 2.54. The first-order valence-corrected chi connectivity index (χ1v) is 7.62. The summed E-state index contributed by atoms with van der Waals surface area (Å²) < 4.78 is 11.3. The van der Waals surface area contributed by atoms with Crippen LogP contribution in [-0.2, 0) is 4.79 Å². The van der Waals surface area contributed by atoms with Crippen LogP contribution in [0.25, 0.3) is 0 Å². The second-order valence-corrected chi connectivity index (χ2v) is 5.20. The topological polar surface area (TPSA) is 97.4 Å². The number of hydrogen-bond acceptors (Lipinski definition) is 4. The van der Waals surface area contributed by atoms with Gasteiger partial charge in [0.15, 0.2) is 0 Å². The molecule has 0 aliphatic rings. The average molecular weight is 327 g/mol. The van der Waals surface area contributed by atoms with Crippen molar-refractivity contribution in [2.24, 2.45) is 5.73 Å². The predicted molar refractivity (Wildman–Crippen MR) is 93.8 cm³/mol. The lowest BCUT2D eigenvalue weighted by Gasteiger charge is -2.10. The van der Waals surface area contributed by atoms with E-state index in [9.17, 15) is 4.79 Å². The van der Waals surface area contributed by atoms with Crippen molar-refractivity contribution in [3.05, 3.63) is 54.1 Å². The fraction of sp³-hybridized carbons (Fsp3) is 0.222. The minimum absolute atomic E-state index is 0.0165. The summed E-state index contributed by atoms with van der Waals surface area (Å²) >= 11 is 0. The lowest BCUT2D eigenvalue weighted by molar-refractivity contribution is -0.114. The summed E-state index contributed by atoms with van der Waals surface area (Å²) in [6, 6.07) is 14.4. The second-order valence-electron chi connectivity index (χ2n) is 5.20. The Morgan fingerprint density at radius 2 is 1.71 bits per heavy atom. The Labute approximate surface area is 141 Å². The number of nitrogens with two attached hydrogens (primary N) is 1. The number of anilines is 1. The first kappa shape index (κ1) is 17.3. The zero-order valence-electron chi connectivity index (χ0n) is 13.5. The van der Waals surface area contributed by atoms with Crippen LogP contribution in [0.1, 0.15) is 18.9 Å². The molecule has 0 unspecified atom stereocenters. The number of rotatable bonds is 8. The number of carbonyl (C=O) groups excluding carboxylic acids is 1. The Kier molecular flexibility index (Phi) is 6.19. The summed E-state index contributed by atoms with van der Waals surface area (Å²) in [5.74, 6) is 1.27. The summed E-state index contributed by atoms with van der Waals surface area (Å²) in [5, 5.41) is 10.1. The molecule has 0 spiro atoms. The molecule has 4 N–H and O–H groups in total. The van der Waals surface area contributed by atoms with Crippen LogP contribution in [0.15, 0.2) is 48.5 Å². The van der Waals surface area contributed by atoms with Gasteiger partial charge in [-0.05, 0) is 24.3 Å². The molecule has 0 aromatic heterocycles. The number of ether oxygens (including phenoxy) is 2. The minimum atomic E-state index is -0.117. The van der Waals surface area contributed by atoms with E-state index in [-0.39, 0.29) is 11.7 Å². The SMILES string of the molecule is CC(=O)Nc1cccc(OCCCOc2cccc(C(=N)N)c2)c1. The van der Waals surface area contributed by atoms with Gasteiger partial charge in [-0.2, -0.15) is 0 Å². The fourth-order valence-electron chi connectivity index (χ4n) is 2.06. The molecule has 2 aromatic rings. The number of hydrogen-bond donors (Lipinski definition) is 3. The van der Waals surface area contributed by atoms with Gasteiger partial charge < -0.3 is 20.5 Å². The van der Waals surface area contributed by atoms with Gasteiger partial charge in [0, 0.05) is 30.7 Å². The van der Waals surface area contributed by atoms with Crippen molar-refractivity contribution in [1.82, 2.24) is 0 Å². The third-order valence-electron chi connectivity index (χ3n) is 3.13. The van der Waals surface area contributed by atoms with Crippen molar-refractivity contribution in [2.75, 3.05) is 18.5 Å². The van der Waals surface area contributed by atoms with Gasteiger partial charge in [0.05, 0.1) is 13.2 Å². The van der Waals surface area contributed by atoms with E-state index < -0.39 is 0 Å². The van der Waals surface area contributed by atoms with E-state index in [1.54, 1.807) is 30.3 Å². The summed E-state index contributed by atoms with van der Waals surface area (Å²) in [6.07, 6.45) is 0.703. The minimum Gasteiger partial charge on any atom is -0.493 e. The van der Waals surface area contributed by atoms with Crippen LogP contribution in [0.5, 0.6) is 11.5 Å². The molecule has 0 aliphatic carbocycles.